The molecule has 0 saturated heterocycles. The maximum atomic E-state index is 12.6. The fourth-order valence-corrected chi connectivity index (χ4v) is 3.18. The first kappa shape index (κ1) is 18.6. The Morgan fingerprint density at radius 1 is 1.33 bits per heavy atom. The summed E-state index contributed by atoms with van der Waals surface area (Å²) in [4.78, 5) is 14.2. The van der Waals surface area contributed by atoms with Crippen molar-refractivity contribution in [2.24, 2.45) is 11.7 Å². The summed E-state index contributed by atoms with van der Waals surface area (Å²) in [6.07, 6.45) is -1.10. The smallest absolute Gasteiger partial charge is 0.406 e. The minimum absolute atomic E-state index is 0.0182. The zero-order valence-corrected chi connectivity index (χ0v) is 13.9. The van der Waals surface area contributed by atoms with Gasteiger partial charge < -0.3 is 15.4 Å². The molecule has 0 aromatic heterocycles. The van der Waals surface area contributed by atoms with Gasteiger partial charge in [-0.1, -0.05) is 25.0 Å². The summed E-state index contributed by atoms with van der Waals surface area (Å²) in [6.45, 7) is 2.23. The molecule has 0 spiro atoms. The van der Waals surface area contributed by atoms with E-state index in [4.69, 9.17) is 5.73 Å². The van der Waals surface area contributed by atoms with Gasteiger partial charge in [0, 0.05) is 19.1 Å². The summed E-state index contributed by atoms with van der Waals surface area (Å²) >= 11 is 0. The molecule has 7 heteroatoms. The zero-order valence-electron chi connectivity index (χ0n) is 13.9. The van der Waals surface area contributed by atoms with Gasteiger partial charge in [0.2, 0.25) is 5.91 Å². The molecule has 4 nitrogen and oxygen atoms in total. The lowest BCUT2D eigenvalue weighted by Crippen LogP contribution is -2.53. The number of benzene rings is 1. The lowest BCUT2D eigenvalue weighted by atomic mass is 9.74. The second kappa shape index (κ2) is 7.01. The maximum Gasteiger partial charge on any atom is 0.573 e. The lowest BCUT2D eigenvalue weighted by Gasteiger charge is -2.39. The number of rotatable bonds is 4. The summed E-state index contributed by atoms with van der Waals surface area (Å²) in [6, 6.07) is 5.53. The zero-order chi connectivity index (χ0) is 18.0. The average molecular weight is 344 g/mol. The fourth-order valence-electron chi connectivity index (χ4n) is 3.18. The molecular weight excluding hydrogens is 321 g/mol. The first-order chi connectivity index (χ1) is 11.1. The molecule has 1 aromatic carbocycles. The molecule has 2 N–H and O–H groups in total. The number of nitrogens with two attached hydrogens (primary N) is 1. The standard InChI is InChI=1S/C17H23F3N2O2/c1-16(21)10-4-3-5-14(16)15(23)22(2)11-12-6-8-13(9-7-12)24-17(18,19)20/h6-9,14H,3-5,10-11,21H2,1-2H3. The van der Waals surface area contributed by atoms with Crippen molar-refractivity contribution in [2.75, 3.05) is 7.05 Å². The van der Waals surface area contributed by atoms with E-state index in [-0.39, 0.29) is 17.6 Å². The molecular formula is C17H23F3N2O2. The summed E-state index contributed by atoms with van der Waals surface area (Å²) < 4.78 is 40.3. The van der Waals surface area contributed by atoms with Crippen LogP contribution in [0, 0.1) is 5.92 Å². The van der Waals surface area contributed by atoms with E-state index in [1.54, 1.807) is 11.9 Å². The van der Waals surface area contributed by atoms with Gasteiger partial charge in [0.15, 0.2) is 0 Å². The lowest BCUT2D eigenvalue weighted by molar-refractivity contribution is -0.274. The third kappa shape index (κ3) is 4.87. The van der Waals surface area contributed by atoms with Crippen LogP contribution in [0.5, 0.6) is 5.75 Å². The van der Waals surface area contributed by atoms with E-state index in [1.807, 2.05) is 6.92 Å². The quantitative estimate of drug-likeness (QED) is 0.910. The van der Waals surface area contributed by atoms with Gasteiger partial charge in [0.25, 0.3) is 0 Å². The van der Waals surface area contributed by atoms with E-state index in [9.17, 15) is 18.0 Å². The van der Waals surface area contributed by atoms with Crippen LogP contribution in [0.25, 0.3) is 0 Å². The third-order valence-corrected chi connectivity index (χ3v) is 4.51. The third-order valence-electron chi connectivity index (χ3n) is 4.51. The van der Waals surface area contributed by atoms with Crippen LogP contribution in [-0.2, 0) is 11.3 Å². The Labute approximate surface area is 139 Å². The molecule has 1 aliphatic rings. The van der Waals surface area contributed by atoms with Gasteiger partial charge in [-0.3, -0.25) is 4.79 Å². The van der Waals surface area contributed by atoms with Gasteiger partial charge in [-0.2, -0.15) is 0 Å². The van der Waals surface area contributed by atoms with Gasteiger partial charge >= 0.3 is 6.36 Å². The largest absolute Gasteiger partial charge is 0.573 e. The van der Waals surface area contributed by atoms with Crippen LogP contribution in [-0.4, -0.2) is 29.8 Å². The van der Waals surface area contributed by atoms with Gasteiger partial charge in [-0.05, 0) is 37.5 Å². The minimum Gasteiger partial charge on any atom is -0.406 e. The number of ether oxygens (including phenoxy) is 1. The molecule has 1 aliphatic carbocycles. The molecule has 1 amide bonds. The molecule has 1 fully saturated rings. The summed E-state index contributed by atoms with van der Waals surface area (Å²) in [5.41, 5.74) is 6.49. The van der Waals surface area contributed by atoms with Crippen molar-refractivity contribution in [3.05, 3.63) is 29.8 Å². The van der Waals surface area contributed by atoms with Crippen LogP contribution < -0.4 is 10.5 Å². The van der Waals surface area contributed by atoms with E-state index < -0.39 is 11.9 Å². The number of nitrogens with zero attached hydrogens (tertiary/aromatic N) is 1. The second-order valence-corrected chi connectivity index (χ2v) is 6.69. The van der Waals surface area contributed by atoms with Gasteiger partial charge in [0.05, 0.1) is 5.92 Å². The Morgan fingerprint density at radius 3 is 2.50 bits per heavy atom. The Morgan fingerprint density at radius 2 is 1.96 bits per heavy atom. The maximum absolute atomic E-state index is 12.6. The molecule has 0 radical (unpaired) electrons. The van der Waals surface area contributed by atoms with Crippen molar-refractivity contribution in [1.82, 2.24) is 4.90 Å². The molecule has 0 heterocycles. The number of carbonyl (C=O) groups excluding carboxylic acids is 1. The van der Waals surface area contributed by atoms with Crippen molar-refractivity contribution in [2.45, 2.75) is 51.1 Å². The molecule has 1 saturated carbocycles. The SMILES string of the molecule is CN(Cc1ccc(OC(F)(F)F)cc1)C(=O)C1CCCCC1(C)N. The van der Waals surface area contributed by atoms with Crippen molar-refractivity contribution in [1.29, 1.82) is 0 Å². The molecule has 24 heavy (non-hydrogen) atoms. The Balaban J connectivity index is 1.98. The first-order valence-electron chi connectivity index (χ1n) is 7.97. The van der Waals surface area contributed by atoms with Gasteiger partial charge in [-0.15, -0.1) is 13.2 Å². The molecule has 134 valence electrons. The fraction of sp³-hybridized carbons (Fsp3) is 0.588. The van der Waals surface area contributed by atoms with Crippen LogP contribution in [0.3, 0.4) is 0 Å². The topological polar surface area (TPSA) is 55.6 Å². The van der Waals surface area contributed by atoms with Crippen LogP contribution in [0.1, 0.15) is 38.2 Å². The predicted molar refractivity (Wildman–Crippen MR) is 84.1 cm³/mol. The Hall–Kier alpha value is -1.76. The number of hydrogen-bond donors (Lipinski definition) is 1. The monoisotopic (exact) mass is 344 g/mol. The molecule has 2 rings (SSSR count). The van der Waals surface area contributed by atoms with Crippen LogP contribution in [0.15, 0.2) is 24.3 Å². The number of amides is 1. The highest BCUT2D eigenvalue weighted by atomic mass is 19.4. The summed E-state index contributed by atoms with van der Waals surface area (Å²) in [7, 11) is 1.69. The first-order valence-corrected chi connectivity index (χ1v) is 7.97. The number of carbonyl (C=O) groups is 1. The van der Waals surface area contributed by atoms with E-state index in [0.29, 0.717) is 6.54 Å². The molecule has 2 unspecified atom stereocenters. The van der Waals surface area contributed by atoms with Crippen molar-refractivity contribution in [3.8, 4) is 5.75 Å². The van der Waals surface area contributed by atoms with Crippen LogP contribution in [0.2, 0.25) is 0 Å². The molecule has 0 aliphatic heterocycles. The Bertz CT molecular complexity index is 570. The highest BCUT2D eigenvalue weighted by Crippen LogP contribution is 2.33. The summed E-state index contributed by atoms with van der Waals surface area (Å²) in [5, 5.41) is 0. The number of alkyl halides is 3. The number of hydrogen-bond acceptors (Lipinski definition) is 3. The summed E-state index contributed by atoms with van der Waals surface area (Å²) in [5.74, 6) is -0.513. The van der Waals surface area contributed by atoms with E-state index >= 15 is 0 Å². The van der Waals surface area contributed by atoms with Crippen molar-refractivity contribution in [3.63, 3.8) is 0 Å². The number of halogens is 3. The second-order valence-electron chi connectivity index (χ2n) is 6.69. The van der Waals surface area contributed by atoms with Crippen molar-refractivity contribution < 1.29 is 22.7 Å². The van der Waals surface area contributed by atoms with E-state index in [2.05, 4.69) is 4.74 Å². The predicted octanol–water partition coefficient (Wildman–Crippen LogP) is 3.45. The molecule has 1 aromatic rings. The highest BCUT2D eigenvalue weighted by molar-refractivity contribution is 5.80. The minimum atomic E-state index is -4.71. The van der Waals surface area contributed by atoms with Crippen molar-refractivity contribution >= 4 is 5.91 Å². The normalized spacial score (nSPS) is 24.5. The van der Waals surface area contributed by atoms with Gasteiger partial charge in [-0.25, -0.2) is 0 Å². The van der Waals surface area contributed by atoms with Crippen LogP contribution in [0.4, 0.5) is 13.2 Å². The van der Waals surface area contributed by atoms with E-state index in [1.165, 1.54) is 24.3 Å². The average Bonchev–Trinajstić information content (AvgIpc) is 2.46. The molecule has 2 atom stereocenters. The Kier molecular flexibility index (Phi) is 5.42. The highest BCUT2D eigenvalue weighted by Gasteiger charge is 2.39. The van der Waals surface area contributed by atoms with Crippen LogP contribution >= 0.6 is 0 Å². The molecule has 0 bridgehead atoms. The van der Waals surface area contributed by atoms with E-state index in [0.717, 1.165) is 31.2 Å². The van der Waals surface area contributed by atoms with Gasteiger partial charge in [0.1, 0.15) is 5.75 Å².